The van der Waals surface area contributed by atoms with E-state index in [0.717, 1.165) is 23.1 Å². The van der Waals surface area contributed by atoms with Gasteiger partial charge in [-0.25, -0.2) is 18.4 Å². The number of carbonyl (C=O) groups is 1. The summed E-state index contributed by atoms with van der Waals surface area (Å²) in [5.74, 6) is -0.330. The van der Waals surface area contributed by atoms with Gasteiger partial charge in [0.2, 0.25) is 21.2 Å². The number of hydrogen-bond acceptors (Lipinski definition) is 5. The SMILES string of the molecule is CCCNC(=O)CN(CCC)S(=O)(=O)c1cnc(Cl)nc1. The Bertz CT molecular complexity index is 562. The van der Waals surface area contributed by atoms with Crippen molar-refractivity contribution in [2.45, 2.75) is 31.6 Å². The molecule has 0 atom stereocenters. The number of rotatable bonds is 8. The summed E-state index contributed by atoms with van der Waals surface area (Å²) in [7, 11) is -3.81. The van der Waals surface area contributed by atoms with Crippen LogP contribution in [0.2, 0.25) is 5.28 Å². The van der Waals surface area contributed by atoms with E-state index in [2.05, 4.69) is 15.3 Å². The standard InChI is InChI=1S/C12H19ClN4O3S/c1-3-5-14-11(18)9-17(6-4-2)21(19,20)10-7-15-12(13)16-8-10/h7-8H,3-6,9H2,1-2H3,(H,14,18). The van der Waals surface area contributed by atoms with Crippen molar-refractivity contribution in [3.63, 3.8) is 0 Å². The normalized spacial score (nSPS) is 11.6. The fourth-order valence-electron chi connectivity index (χ4n) is 1.60. The zero-order valence-electron chi connectivity index (χ0n) is 12.0. The zero-order valence-corrected chi connectivity index (χ0v) is 13.6. The molecule has 1 heterocycles. The highest BCUT2D eigenvalue weighted by atomic mass is 35.5. The van der Waals surface area contributed by atoms with Crippen molar-refractivity contribution in [1.29, 1.82) is 0 Å². The molecule has 1 rings (SSSR count). The highest BCUT2D eigenvalue weighted by molar-refractivity contribution is 7.89. The molecule has 0 saturated carbocycles. The molecule has 1 aromatic heterocycles. The molecule has 118 valence electrons. The lowest BCUT2D eigenvalue weighted by Crippen LogP contribution is -2.41. The van der Waals surface area contributed by atoms with Crippen molar-refractivity contribution < 1.29 is 13.2 Å². The zero-order chi connectivity index (χ0) is 15.9. The molecule has 9 heteroatoms. The van der Waals surface area contributed by atoms with Crippen LogP contribution in [0.1, 0.15) is 26.7 Å². The Hall–Kier alpha value is -1.25. The van der Waals surface area contributed by atoms with E-state index in [1.54, 1.807) is 0 Å². The van der Waals surface area contributed by atoms with Crippen LogP contribution in [0.5, 0.6) is 0 Å². The molecule has 0 aromatic carbocycles. The van der Waals surface area contributed by atoms with Gasteiger partial charge in [0.15, 0.2) is 0 Å². The average Bonchev–Trinajstić information content (AvgIpc) is 2.45. The molecule has 0 aliphatic rings. The quantitative estimate of drug-likeness (QED) is 0.717. The summed E-state index contributed by atoms with van der Waals surface area (Å²) in [6.07, 6.45) is 3.65. The minimum atomic E-state index is -3.81. The Balaban J connectivity index is 2.92. The van der Waals surface area contributed by atoms with Crippen molar-refractivity contribution >= 4 is 27.5 Å². The van der Waals surface area contributed by atoms with Gasteiger partial charge in [0, 0.05) is 13.1 Å². The average molecular weight is 335 g/mol. The molecule has 0 aliphatic heterocycles. The van der Waals surface area contributed by atoms with E-state index in [0.29, 0.717) is 13.0 Å². The first-order chi connectivity index (χ1) is 9.91. The third-order valence-corrected chi connectivity index (χ3v) is 4.59. The molecule has 0 aliphatic carbocycles. The highest BCUT2D eigenvalue weighted by Gasteiger charge is 2.26. The van der Waals surface area contributed by atoms with Crippen LogP contribution in [0.4, 0.5) is 0 Å². The van der Waals surface area contributed by atoms with E-state index >= 15 is 0 Å². The number of hydrogen-bond donors (Lipinski definition) is 1. The first-order valence-electron chi connectivity index (χ1n) is 6.66. The minimum Gasteiger partial charge on any atom is -0.355 e. The summed E-state index contributed by atoms with van der Waals surface area (Å²) in [5.41, 5.74) is 0. The lowest BCUT2D eigenvalue weighted by molar-refractivity contribution is -0.121. The molecule has 0 unspecified atom stereocenters. The number of nitrogens with one attached hydrogen (secondary N) is 1. The molecule has 1 N–H and O–H groups in total. The van der Waals surface area contributed by atoms with Gasteiger partial charge in [-0.1, -0.05) is 13.8 Å². The van der Waals surface area contributed by atoms with Crippen molar-refractivity contribution in [3.8, 4) is 0 Å². The van der Waals surface area contributed by atoms with E-state index < -0.39 is 10.0 Å². The molecule has 0 spiro atoms. The van der Waals surface area contributed by atoms with Crippen LogP contribution in [0.15, 0.2) is 17.3 Å². The number of carbonyl (C=O) groups excluding carboxylic acids is 1. The summed E-state index contributed by atoms with van der Waals surface area (Å²) >= 11 is 5.55. The Morgan fingerprint density at radius 1 is 1.29 bits per heavy atom. The number of sulfonamides is 1. The Labute approximate surface area is 129 Å². The second-order valence-electron chi connectivity index (χ2n) is 4.38. The van der Waals surface area contributed by atoms with Crippen molar-refractivity contribution in [1.82, 2.24) is 19.6 Å². The predicted octanol–water partition coefficient (Wildman–Crippen LogP) is 1.06. The van der Waals surface area contributed by atoms with Crippen LogP contribution in [0.3, 0.4) is 0 Å². The molecular formula is C12H19ClN4O3S. The van der Waals surface area contributed by atoms with Crippen molar-refractivity contribution in [2.75, 3.05) is 19.6 Å². The third-order valence-electron chi connectivity index (χ3n) is 2.60. The van der Waals surface area contributed by atoms with Gasteiger partial charge in [-0.15, -0.1) is 0 Å². The maximum absolute atomic E-state index is 12.5. The van der Waals surface area contributed by atoms with Gasteiger partial charge in [0.05, 0.1) is 18.9 Å². The summed E-state index contributed by atoms with van der Waals surface area (Å²) in [5, 5.41) is 2.63. The fourth-order valence-corrected chi connectivity index (χ4v) is 3.07. The monoisotopic (exact) mass is 334 g/mol. The van der Waals surface area contributed by atoms with Crippen LogP contribution in [0.25, 0.3) is 0 Å². The summed E-state index contributed by atoms with van der Waals surface area (Å²) in [4.78, 5) is 19.0. The summed E-state index contributed by atoms with van der Waals surface area (Å²) in [6, 6.07) is 0. The Morgan fingerprint density at radius 2 is 1.90 bits per heavy atom. The van der Waals surface area contributed by atoms with E-state index in [1.165, 1.54) is 0 Å². The van der Waals surface area contributed by atoms with E-state index in [-0.39, 0.29) is 29.2 Å². The molecule has 0 radical (unpaired) electrons. The molecular weight excluding hydrogens is 316 g/mol. The van der Waals surface area contributed by atoms with Crippen LogP contribution in [-0.4, -0.2) is 48.2 Å². The number of halogens is 1. The largest absolute Gasteiger partial charge is 0.355 e. The van der Waals surface area contributed by atoms with Crippen molar-refractivity contribution in [2.24, 2.45) is 0 Å². The van der Waals surface area contributed by atoms with Crippen LogP contribution in [-0.2, 0) is 14.8 Å². The van der Waals surface area contributed by atoms with Gasteiger partial charge in [-0.05, 0) is 24.4 Å². The molecule has 1 aromatic rings. The van der Waals surface area contributed by atoms with Gasteiger partial charge >= 0.3 is 0 Å². The third kappa shape index (κ3) is 5.22. The summed E-state index contributed by atoms with van der Waals surface area (Å²) in [6.45, 7) is 4.29. The van der Waals surface area contributed by atoms with Gasteiger partial charge in [-0.3, -0.25) is 4.79 Å². The highest BCUT2D eigenvalue weighted by Crippen LogP contribution is 2.15. The van der Waals surface area contributed by atoms with E-state index in [9.17, 15) is 13.2 Å². The lowest BCUT2D eigenvalue weighted by Gasteiger charge is -2.20. The molecule has 7 nitrogen and oxygen atoms in total. The molecule has 21 heavy (non-hydrogen) atoms. The number of aromatic nitrogens is 2. The Kier molecular flexibility index (Phi) is 7.00. The van der Waals surface area contributed by atoms with Gasteiger partial charge < -0.3 is 5.32 Å². The fraction of sp³-hybridized carbons (Fsp3) is 0.583. The minimum absolute atomic E-state index is 0.0309. The second-order valence-corrected chi connectivity index (χ2v) is 6.65. The topological polar surface area (TPSA) is 92.3 Å². The maximum atomic E-state index is 12.5. The van der Waals surface area contributed by atoms with E-state index in [4.69, 9.17) is 11.6 Å². The van der Waals surface area contributed by atoms with Gasteiger partial charge in [-0.2, -0.15) is 4.31 Å². The lowest BCUT2D eigenvalue weighted by atomic mass is 10.4. The maximum Gasteiger partial charge on any atom is 0.246 e. The van der Waals surface area contributed by atoms with Crippen LogP contribution in [0, 0.1) is 0 Å². The van der Waals surface area contributed by atoms with Crippen molar-refractivity contribution in [3.05, 3.63) is 17.7 Å². The van der Waals surface area contributed by atoms with Crippen LogP contribution < -0.4 is 5.32 Å². The molecule has 0 saturated heterocycles. The summed E-state index contributed by atoms with van der Waals surface area (Å²) < 4.78 is 26.0. The molecule has 1 amide bonds. The first-order valence-corrected chi connectivity index (χ1v) is 8.48. The van der Waals surface area contributed by atoms with E-state index in [1.807, 2.05) is 13.8 Å². The first kappa shape index (κ1) is 17.8. The van der Waals surface area contributed by atoms with Crippen LogP contribution >= 0.6 is 11.6 Å². The molecule has 0 bridgehead atoms. The smallest absolute Gasteiger partial charge is 0.246 e. The number of nitrogens with zero attached hydrogens (tertiary/aromatic N) is 3. The Morgan fingerprint density at radius 3 is 2.43 bits per heavy atom. The molecule has 0 fully saturated rings. The number of amides is 1. The van der Waals surface area contributed by atoms with Gasteiger partial charge in [0.25, 0.3) is 0 Å². The predicted molar refractivity (Wildman–Crippen MR) is 79.4 cm³/mol. The van der Waals surface area contributed by atoms with Gasteiger partial charge in [0.1, 0.15) is 4.90 Å². The second kappa shape index (κ2) is 8.26.